The van der Waals surface area contributed by atoms with Crippen LogP contribution in [0.15, 0.2) is 157 Å². The Balaban J connectivity index is 1.29. The summed E-state index contributed by atoms with van der Waals surface area (Å²) in [6.45, 7) is 6.79. The van der Waals surface area contributed by atoms with E-state index in [2.05, 4.69) is 172 Å². The maximum atomic E-state index is 3.57. The Morgan fingerprint density at radius 1 is 0.674 bits per heavy atom. The van der Waals surface area contributed by atoms with Crippen LogP contribution in [0.1, 0.15) is 43.9 Å². The summed E-state index contributed by atoms with van der Waals surface area (Å²) in [6.07, 6.45) is 14.1. The molecule has 0 saturated carbocycles. The van der Waals surface area contributed by atoms with Crippen molar-refractivity contribution in [3.05, 3.63) is 184 Å². The molecule has 0 aromatic heterocycles. The minimum absolute atomic E-state index is 0.213. The van der Waals surface area contributed by atoms with Crippen LogP contribution in [-0.2, 0) is 5.41 Å². The molecule has 2 aliphatic rings. The van der Waals surface area contributed by atoms with E-state index in [0.717, 1.165) is 17.6 Å². The number of fused-ring (bicyclic) bond motifs is 2. The highest BCUT2D eigenvalue weighted by molar-refractivity contribution is 6.10. The fraction of sp³-hybridized carbons (Fsp3) is 0.116. The summed E-state index contributed by atoms with van der Waals surface area (Å²) in [6, 6.07) is 37.4. The Hall–Kier alpha value is -5.12. The van der Waals surface area contributed by atoms with Crippen LogP contribution in [0.4, 0.5) is 0 Å². The lowest BCUT2D eigenvalue weighted by molar-refractivity contribution is 0.640. The lowest BCUT2D eigenvalue weighted by Gasteiger charge is -2.26. The minimum Gasteiger partial charge on any atom is -0.0801 e. The van der Waals surface area contributed by atoms with Crippen molar-refractivity contribution < 1.29 is 0 Å². The summed E-state index contributed by atoms with van der Waals surface area (Å²) in [7, 11) is 0. The second-order valence-electron chi connectivity index (χ2n) is 12.0. The molecule has 2 aliphatic carbocycles. The first kappa shape index (κ1) is 26.8. The van der Waals surface area contributed by atoms with Gasteiger partial charge < -0.3 is 0 Å². The normalized spacial score (nSPS) is 16.4. The average Bonchev–Trinajstić information content (AvgIpc) is 3.07. The molecule has 7 rings (SSSR count). The molecule has 0 N–H and O–H groups in total. The zero-order valence-corrected chi connectivity index (χ0v) is 25.0. The summed E-state index contributed by atoms with van der Waals surface area (Å²) in [5.41, 5.74) is 15.5. The molecule has 0 heteroatoms. The van der Waals surface area contributed by atoms with Crippen LogP contribution in [0.3, 0.4) is 0 Å². The summed E-state index contributed by atoms with van der Waals surface area (Å²) in [4.78, 5) is 0. The number of hydrogen-bond acceptors (Lipinski definition) is 0. The smallest absolute Gasteiger partial charge is 0.0334 e. The molecule has 0 nitrogen and oxygen atoms in total. The first-order valence-corrected chi connectivity index (χ1v) is 15.1. The molecule has 0 heterocycles. The van der Waals surface area contributed by atoms with Crippen LogP contribution in [-0.4, -0.2) is 0 Å². The molecule has 0 radical (unpaired) electrons. The lowest BCUT2D eigenvalue weighted by Crippen LogP contribution is -2.28. The highest BCUT2D eigenvalue weighted by Gasteiger charge is 2.25. The molecule has 0 saturated heterocycles. The highest BCUT2D eigenvalue weighted by atomic mass is 14.3. The minimum atomic E-state index is -0.213. The predicted molar refractivity (Wildman–Crippen MR) is 184 cm³/mol. The van der Waals surface area contributed by atoms with Gasteiger partial charge >= 0.3 is 0 Å². The van der Waals surface area contributed by atoms with E-state index in [1.165, 1.54) is 59.8 Å². The number of rotatable bonds is 4. The van der Waals surface area contributed by atoms with Gasteiger partial charge in [-0.05, 0) is 85.8 Å². The van der Waals surface area contributed by atoms with E-state index in [1.807, 2.05) is 0 Å². The van der Waals surface area contributed by atoms with Crippen molar-refractivity contribution in [2.24, 2.45) is 0 Å². The zero-order chi connectivity index (χ0) is 29.4. The van der Waals surface area contributed by atoms with Crippen molar-refractivity contribution in [1.29, 1.82) is 0 Å². The van der Waals surface area contributed by atoms with Gasteiger partial charge in [-0.3, -0.25) is 0 Å². The van der Waals surface area contributed by atoms with Gasteiger partial charge in [0.05, 0.1) is 0 Å². The van der Waals surface area contributed by atoms with Gasteiger partial charge in [-0.15, -0.1) is 0 Å². The van der Waals surface area contributed by atoms with Gasteiger partial charge in [0.2, 0.25) is 0 Å². The van der Waals surface area contributed by atoms with Gasteiger partial charge in [0.1, 0.15) is 0 Å². The second-order valence-corrected chi connectivity index (χ2v) is 12.0. The molecule has 0 bridgehead atoms. The largest absolute Gasteiger partial charge is 0.0801 e. The summed E-state index contributed by atoms with van der Waals surface area (Å²) >= 11 is 0. The van der Waals surface area contributed by atoms with Crippen molar-refractivity contribution in [2.45, 2.75) is 32.6 Å². The van der Waals surface area contributed by atoms with Crippen molar-refractivity contribution >= 4 is 38.3 Å². The zero-order valence-electron chi connectivity index (χ0n) is 25.0. The number of allylic oxidation sites excluding steroid dienone is 8. The summed E-state index contributed by atoms with van der Waals surface area (Å²) in [5, 5.41) is 7.59. The van der Waals surface area contributed by atoms with Gasteiger partial charge in [-0.25, -0.2) is 0 Å². The van der Waals surface area contributed by atoms with E-state index in [0.29, 0.717) is 0 Å². The Morgan fingerprint density at radius 2 is 1.35 bits per heavy atom. The van der Waals surface area contributed by atoms with Crippen molar-refractivity contribution in [2.75, 3.05) is 0 Å². The average molecular weight is 551 g/mol. The van der Waals surface area contributed by atoms with Gasteiger partial charge in [0.25, 0.3) is 0 Å². The first-order valence-electron chi connectivity index (χ1n) is 15.1. The SMILES string of the molecule is C/C(c1ccc(C(C)(C)C2=C=C=C(c3c4ccccc4cc4ccccc34)C=C2)cc1)=c1/cccc/c1=C1\C=CC=CC1. The molecule has 0 atom stereocenters. The third-order valence-corrected chi connectivity index (χ3v) is 9.06. The fourth-order valence-corrected chi connectivity index (χ4v) is 6.45. The predicted octanol–water partition coefficient (Wildman–Crippen LogP) is 9.49. The second kappa shape index (κ2) is 10.9. The van der Waals surface area contributed by atoms with Crippen molar-refractivity contribution in [1.82, 2.24) is 0 Å². The fourth-order valence-electron chi connectivity index (χ4n) is 6.45. The third kappa shape index (κ3) is 4.88. The molecule has 0 aliphatic heterocycles. The molecule has 206 valence electrons. The third-order valence-electron chi connectivity index (χ3n) is 9.06. The Labute approximate surface area is 254 Å². The van der Waals surface area contributed by atoms with Gasteiger partial charge in [-0.1, -0.05) is 147 Å². The topological polar surface area (TPSA) is 0 Å². The Morgan fingerprint density at radius 3 is 2.00 bits per heavy atom. The van der Waals surface area contributed by atoms with Crippen molar-refractivity contribution in [3.63, 3.8) is 0 Å². The van der Waals surface area contributed by atoms with E-state index in [1.54, 1.807) is 0 Å². The molecule has 0 unspecified atom stereocenters. The van der Waals surface area contributed by atoms with E-state index >= 15 is 0 Å². The molecule has 0 amide bonds. The van der Waals surface area contributed by atoms with E-state index in [9.17, 15) is 0 Å². The van der Waals surface area contributed by atoms with E-state index < -0.39 is 0 Å². The molecule has 0 spiro atoms. The quantitative estimate of drug-likeness (QED) is 0.154. The van der Waals surface area contributed by atoms with E-state index in [-0.39, 0.29) is 5.41 Å². The number of hydrogen-bond donors (Lipinski definition) is 0. The van der Waals surface area contributed by atoms with Gasteiger partial charge in [0, 0.05) is 22.1 Å². The Bertz CT molecular complexity index is 2180. The van der Waals surface area contributed by atoms with Crippen LogP contribution >= 0.6 is 0 Å². The van der Waals surface area contributed by atoms with Crippen LogP contribution in [0.2, 0.25) is 0 Å². The molecule has 5 aromatic rings. The summed E-state index contributed by atoms with van der Waals surface area (Å²) in [5.74, 6) is 0. The maximum absolute atomic E-state index is 3.57. The standard InChI is InChI=1S/C43H34/c1-30(38-17-11-12-18-39(38)32-13-5-4-6-14-32)31-21-25-36(26-22-31)43(2,3)37-27-23-33(24-28-37)42-40-19-9-7-15-34(40)29-35-16-8-10-20-41(35)42/h4-13,15-23,25-27,29H,14H2,1-3H3/b38-30+,39-32-. The Kier molecular flexibility index (Phi) is 6.81. The maximum Gasteiger partial charge on any atom is 0.0334 e. The molecular formula is C43H34. The monoisotopic (exact) mass is 550 g/mol. The van der Waals surface area contributed by atoms with Crippen LogP contribution in [0.25, 0.3) is 38.3 Å². The molecule has 43 heavy (non-hydrogen) atoms. The van der Waals surface area contributed by atoms with Gasteiger partial charge in [-0.2, -0.15) is 0 Å². The number of benzene rings is 5. The van der Waals surface area contributed by atoms with E-state index in [4.69, 9.17) is 0 Å². The van der Waals surface area contributed by atoms with Crippen LogP contribution in [0.5, 0.6) is 0 Å². The molecule has 0 fully saturated rings. The first-order chi connectivity index (χ1) is 21.0. The molecular weight excluding hydrogens is 516 g/mol. The summed E-state index contributed by atoms with van der Waals surface area (Å²) < 4.78 is 0. The molecule has 5 aromatic carbocycles. The lowest BCUT2D eigenvalue weighted by atomic mass is 9.76. The highest BCUT2D eigenvalue weighted by Crippen LogP contribution is 2.37. The van der Waals surface area contributed by atoms with Crippen LogP contribution < -0.4 is 10.4 Å². The van der Waals surface area contributed by atoms with Crippen molar-refractivity contribution in [3.8, 4) is 0 Å². The van der Waals surface area contributed by atoms with Gasteiger partial charge in [0.15, 0.2) is 0 Å². The van der Waals surface area contributed by atoms with Crippen LogP contribution in [0, 0.1) is 0 Å².